The van der Waals surface area contributed by atoms with Gasteiger partial charge in [-0.25, -0.2) is 4.79 Å². The fraction of sp³-hybridized carbons (Fsp3) is 0.784. The largest absolute Gasteiger partial charge is 0.508 e. The minimum Gasteiger partial charge on any atom is -0.461 e. The molecule has 3 aliphatic rings. The van der Waals surface area contributed by atoms with Gasteiger partial charge in [0.15, 0.2) is 6.29 Å². The number of aliphatic hydroxyl groups excluding tert-OH is 1. The van der Waals surface area contributed by atoms with Gasteiger partial charge >= 0.3 is 18.1 Å². The van der Waals surface area contributed by atoms with Crippen molar-refractivity contribution in [3.8, 4) is 0 Å². The van der Waals surface area contributed by atoms with Crippen molar-refractivity contribution in [2.75, 3.05) is 14.1 Å². The lowest BCUT2D eigenvalue weighted by Crippen LogP contribution is -2.62. The molecular weight excluding hydrogens is 664 g/mol. The number of hydrogen-bond donors (Lipinski definition) is 3. The predicted octanol–water partition coefficient (Wildman–Crippen LogP) is 3.02. The molecule has 0 spiro atoms. The van der Waals surface area contributed by atoms with Crippen LogP contribution in [0.15, 0.2) is 24.5 Å². The van der Waals surface area contributed by atoms with Gasteiger partial charge in [0.2, 0.25) is 0 Å². The van der Waals surface area contributed by atoms with Gasteiger partial charge < -0.3 is 48.6 Å². The predicted molar refractivity (Wildman–Crippen MR) is 183 cm³/mol. The highest BCUT2D eigenvalue weighted by Gasteiger charge is 2.56. The molecule has 0 aliphatic carbocycles. The fourth-order valence-electron chi connectivity index (χ4n) is 8.32. The number of esters is 2. The quantitative estimate of drug-likeness (QED) is 0.276. The van der Waals surface area contributed by atoms with Gasteiger partial charge in [0.1, 0.15) is 36.1 Å². The van der Waals surface area contributed by atoms with Gasteiger partial charge in [-0.3, -0.25) is 14.6 Å². The Labute approximate surface area is 301 Å². The second-order valence-electron chi connectivity index (χ2n) is 15.6. The maximum Gasteiger partial charge on any atom is 0.508 e. The van der Waals surface area contributed by atoms with Gasteiger partial charge in [0, 0.05) is 30.3 Å². The van der Waals surface area contributed by atoms with Crippen LogP contribution in [-0.2, 0) is 44.4 Å². The maximum absolute atomic E-state index is 14.0. The normalized spacial score (nSPS) is 42.6. The first kappa shape index (κ1) is 40.9. The van der Waals surface area contributed by atoms with Crippen LogP contribution in [0.5, 0.6) is 0 Å². The highest BCUT2D eigenvalue weighted by Crippen LogP contribution is 2.42. The van der Waals surface area contributed by atoms with Crippen molar-refractivity contribution in [2.24, 2.45) is 23.7 Å². The SMILES string of the molecule is CC[C@H]1OC(=O)[C@H](C)[C@@H](OC(=O)Cc2cccnc2)[C@H](C)[C@@H](OC2O[C@H](C)C[C@H](N(C)C)[C@H]2O)[C@@](C)(O)C[C@@H](C)[C@@H]2OC(=O)O[C@H]([C@H]2C)[C@]1(C)O. The minimum absolute atomic E-state index is 0.00101. The van der Waals surface area contributed by atoms with Crippen molar-refractivity contribution >= 4 is 18.1 Å². The van der Waals surface area contributed by atoms with E-state index in [0.717, 1.165) is 0 Å². The molecule has 3 aliphatic heterocycles. The van der Waals surface area contributed by atoms with Crippen LogP contribution in [0.4, 0.5) is 4.79 Å². The molecule has 0 radical (unpaired) electrons. The van der Waals surface area contributed by atoms with Crippen LogP contribution in [0.1, 0.15) is 80.2 Å². The molecule has 3 saturated heterocycles. The summed E-state index contributed by atoms with van der Waals surface area (Å²) in [6.07, 6.45) is -5.35. The number of ether oxygens (including phenoxy) is 6. The third-order valence-electron chi connectivity index (χ3n) is 11.0. The van der Waals surface area contributed by atoms with E-state index in [-0.39, 0.29) is 31.4 Å². The lowest BCUT2D eigenvalue weighted by Gasteiger charge is -2.49. The molecule has 15 atom stereocenters. The standard InChI is InChI=1S/C37H58N2O12/c1-11-26-37(8,45)32-21(4)29(49-35(43)51-32)19(2)17-36(7,44)31(50-34-28(41)25(39(9)10)15-20(3)46-34)22(5)30(23(6)33(42)47-26)48-27(40)16-24-13-12-14-38-18-24/h12-14,18-23,25-26,28-32,34,41,44-45H,11,15-17H2,1-10H3/t19-,20-,21+,22+,23-,25+,26-,28-,29+,30+,31-,32-,34?,36+,37-/m1/s1. The van der Waals surface area contributed by atoms with E-state index in [1.54, 1.807) is 59.1 Å². The highest BCUT2D eigenvalue weighted by atomic mass is 16.7. The Kier molecular flexibility index (Phi) is 13.2. The zero-order chi connectivity index (χ0) is 38.0. The molecular formula is C37H58N2O12. The Morgan fingerprint density at radius 1 is 1.06 bits per heavy atom. The molecule has 4 rings (SSSR count). The van der Waals surface area contributed by atoms with Gasteiger partial charge in [0.05, 0.1) is 30.1 Å². The molecule has 2 bridgehead atoms. The molecule has 1 aromatic heterocycles. The van der Waals surface area contributed by atoms with Crippen LogP contribution < -0.4 is 0 Å². The number of hydrogen-bond acceptors (Lipinski definition) is 14. The number of carbonyl (C=O) groups is 3. The summed E-state index contributed by atoms with van der Waals surface area (Å²) in [6, 6.07) is 3.10. The molecule has 14 heteroatoms. The molecule has 4 heterocycles. The van der Waals surface area contributed by atoms with E-state index in [9.17, 15) is 29.7 Å². The van der Waals surface area contributed by atoms with Crippen molar-refractivity contribution in [3.05, 3.63) is 30.1 Å². The number of carbonyl (C=O) groups excluding carboxylic acids is 3. The smallest absolute Gasteiger partial charge is 0.461 e. The molecule has 14 nitrogen and oxygen atoms in total. The van der Waals surface area contributed by atoms with E-state index in [0.29, 0.717) is 12.0 Å². The molecule has 0 aromatic carbocycles. The summed E-state index contributed by atoms with van der Waals surface area (Å²) in [5, 5.41) is 35.8. The maximum atomic E-state index is 14.0. The molecule has 1 unspecified atom stereocenters. The van der Waals surface area contributed by atoms with E-state index in [4.69, 9.17) is 28.4 Å². The van der Waals surface area contributed by atoms with Crippen molar-refractivity contribution in [1.82, 2.24) is 9.88 Å². The number of pyridine rings is 1. The minimum atomic E-state index is -1.83. The van der Waals surface area contributed by atoms with Crippen LogP contribution in [0.25, 0.3) is 0 Å². The number of rotatable bonds is 7. The second kappa shape index (κ2) is 16.4. The van der Waals surface area contributed by atoms with Gasteiger partial charge in [0.25, 0.3) is 0 Å². The van der Waals surface area contributed by atoms with Crippen molar-refractivity contribution in [1.29, 1.82) is 0 Å². The molecule has 1 aromatic rings. The van der Waals surface area contributed by atoms with Crippen molar-refractivity contribution < 1.29 is 58.1 Å². The number of cyclic esters (lactones) is 1. The van der Waals surface area contributed by atoms with Gasteiger partial charge in [-0.15, -0.1) is 0 Å². The first-order valence-electron chi connectivity index (χ1n) is 18.0. The summed E-state index contributed by atoms with van der Waals surface area (Å²) in [5.74, 6) is -4.55. The zero-order valence-corrected chi connectivity index (χ0v) is 31.6. The Morgan fingerprint density at radius 2 is 1.75 bits per heavy atom. The number of aromatic nitrogens is 1. The Hall–Kier alpha value is -2.88. The van der Waals surface area contributed by atoms with Crippen LogP contribution >= 0.6 is 0 Å². The second-order valence-corrected chi connectivity index (χ2v) is 15.6. The Morgan fingerprint density at radius 3 is 2.35 bits per heavy atom. The average molecular weight is 723 g/mol. The summed E-state index contributed by atoms with van der Waals surface area (Å²) < 4.78 is 36.0. The van der Waals surface area contributed by atoms with Gasteiger partial charge in [-0.2, -0.15) is 0 Å². The molecule has 3 N–H and O–H groups in total. The molecule has 0 saturated carbocycles. The first-order valence-corrected chi connectivity index (χ1v) is 18.0. The zero-order valence-electron chi connectivity index (χ0n) is 31.6. The van der Waals surface area contributed by atoms with Gasteiger partial charge in [-0.05, 0) is 78.6 Å². The van der Waals surface area contributed by atoms with E-state index in [1.165, 1.54) is 6.92 Å². The summed E-state index contributed by atoms with van der Waals surface area (Å²) in [4.78, 5) is 46.3. The average Bonchev–Trinajstić information content (AvgIpc) is 3.05. The number of nitrogens with zero attached hydrogens (tertiary/aromatic N) is 2. The third kappa shape index (κ3) is 9.20. The van der Waals surface area contributed by atoms with E-state index in [2.05, 4.69) is 4.98 Å². The Balaban J connectivity index is 1.82. The summed E-state index contributed by atoms with van der Waals surface area (Å²) >= 11 is 0. The molecule has 0 amide bonds. The van der Waals surface area contributed by atoms with E-state index >= 15 is 0 Å². The third-order valence-corrected chi connectivity index (χ3v) is 11.0. The number of aliphatic hydroxyl groups is 3. The van der Waals surface area contributed by atoms with Crippen molar-refractivity contribution in [2.45, 2.75) is 147 Å². The number of fused-ring (bicyclic) bond motifs is 2. The summed E-state index contributed by atoms with van der Waals surface area (Å²) in [7, 11) is 3.70. The van der Waals surface area contributed by atoms with Crippen LogP contribution in [0.2, 0.25) is 0 Å². The summed E-state index contributed by atoms with van der Waals surface area (Å²) in [5.41, 5.74) is -2.97. The number of likely N-dealkylation sites (N-methyl/N-ethyl adjacent to an activating group) is 1. The highest BCUT2D eigenvalue weighted by molar-refractivity contribution is 5.76. The van der Waals surface area contributed by atoms with Crippen LogP contribution in [0.3, 0.4) is 0 Å². The molecule has 288 valence electrons. The van der Waals surface area contributed by atoms with E-state index in [1.807, 2.05) is 32.8 Å². The lowest BCUT2D eigenvalue weighted by atomic mass is 9.73. The first-order chi connectivity index (χ1) is 23.8. The lowest BCUT2D eigenvalue weighted by molar-refractivity contribution is -0.300. The topological polar surface area (TPSA) is 183 Å². The Bertz CT molecular complexity index is 1340. The van der Waals surface area contributed by atoms with Crippen molar-refractivity contribution in [3.63, 3.8) is 0 Å². The summed E-state index contributed by atoms with van der Waals surface area (Å²) in [6.45, 7) is 13.4. The van der Waals surface area contributed by atoms with Gasteiger partial charge in [-0.1, -0.05) is 33.8 Å². The fourth-order valence-corrected chi connectivity index (χ4v) is 8.32. The molecule has 51 heavy (non-hydrogen) atoms. The monoisotopic (exact) mass is 722 g/mol. The van der Waals surface area contributed by atoms with E-state index < -0.39 is 95.9 Å². The molecule has 3 fully saturated rings. The van der Waals surface area contributed by atoms with Crippen LogP contribution in [-0.4, -0.2) is 124 Å². The van der Waals surface area contributed by atoms with Crippen LogP contribution in [0, 0.1) is 23.7 Å².